The first-order valence-electron chi connectivity index (χ1n) is 7.77. The first kappa shape index (κ1) is 21.8. The molecule has 1 aromatic heterocycles. The maximum atomic E-state index is 12.0. The average molecular weight is 404 g/mol. The van der Waals surface area contributed by atoms with Crippen LogP contribution in [0.5, 0.6) is 0 Å². The fraction of sp³-hybridized carbons (Fsp3) is 0.438. The molecule has 0 saturated carbocycles. The van der Waals surface area contributed by atoms with Gasteiger partial charge in [0, 0.05) is 37.1 Å². The molecule has 0 radical (unpaired) electrons. The highest BCUT2D eigenvalue weighted by Gasteiger charge is 2.16. The van der Waals surface area contributed by atoms with Crippen molar-refractivity contribution in [1.82, 2.24) is 25.4 Å². The van der Waals surface area contributed by atoms with Crippen molar-refractivity contribution in [2.24, 2.45) is 0 Å². The van der Waals surface area contributed by atoms with Crippen molar-refractivity contribution in [3.05, 3.63) is 48.0 Å². The zero-order chi connectivity index (χ0) is 15.9. The molecule has 1 aliphatic heterocycles. The summed E-state index contributed by atoms with van der Waals surface area (Å²) in [7, 11) is 0. The Morgan fingerprint density at radius 3 is 2.68 bits per heavy atom. The van der Waals surface area contributed by atoms with E-state index in [1.54, 1.807) is 11.0 Å². The van der Waals surface area contributed by atoms with Crippen LogP contribution in [0.15, 0.2) is 36.9 Å². The van der Waals surface area contributed by atoms with Crippen LogP contribution < -0.4 is 10.6 Å². The first-order valence-corrected chi connectivity index (χ1v) is 8.93. The highest BCUT2D eigenvalue weighted by atomic mass is 35.5. The quantitative estimate of drug-likeness (QED) is 0.770. The van der Waals surface area contributed by atoms with Gasteiger partial charge in [0.05, 0.1) is 6.54 Å². The summed E-state index contributed by atoms with van der Waals surface area (Å²) in [6.07, 6.45) is 3.78. The fourth-order valence-electron chi connectivity index (χ4n) is 2.51. The summed E-state index contributed by atoms with van der Waals surface area (Å²) in [5.74, 6) is 2.26. The van der Waals surface area contributed by atoms with Gasteiger partial charge in [-0.25, -0.2) is 9.67 Å². The summed E-state index contributed by atoms with van der Waals surface area (Å²) in [6, 6.07) is 8.51. The second-order valence-corrected chi connectivity index (χ2v) is 6.77. The summed E-state index contributed by atoms with van der Waals surface area (Å²) < 4.78 is 1.78. The van der Waals surface area contributed by atoms with Gasteiger partial charge in [-0.15, -0.1) is 24.8 Å². The van der Waals surface area contributed by atoms with E-state index < -0.39 is 0 Å². The maximum Gasteiger partial charge on any atom is 0.221 e. The molecule has 6 nitrogen and oxygen atoms in total. The van der Waals surface area contributed by atoms with Gasteiger partial charge in [-0.2, -0.15) is 16.9 Å². The summed E-state index contributed by atoms with van der Waals surface area (Å²) in [6.45, 7) is 2.27. The topological polar surface area (TPSA) is 71.8 Å². The Hall–Kier alpha value is -1.28. The molecule has 1 fully saturated rings. The van der Waals surface area contributed by atoms with E-state index >= 15 is 0 Å². The summed E-state index contributed by atoms with van der Waals surface area (Å²) >= 11 is 1.91. The predicted molar refractivity (Wildman–Crippen MR) is 106 cm³/mol. The number of hydrogen-bond donors (Lipinski definition) is 2. The highest BCUT2D eigenvalue weighted by Crippen LogP contribution is 2.10. The van der Waals surface area contributed by atoms with Gasteiger partial charge in [-0.1, -0.05) is 24.3 Å². The molecular weight excluding hydrogens is 381 g/mol. The molecule has 25 heavy (non-hydrogen) atoms. The van der Waals surface area contributed by atoms with Gasteiger partial charge in [0.1, 0.15) is 12.7 Å². The van der Waals surface area contributed by atoms with Crippen molar-refractivity contribution in [2.45, 2.75) is 25.6 Å². The van der Waals surface area contributed by atoms with Crippen LogP contribution in [0.4, 0.5) is 0 Å². The molecule has 0 aliphatic carbocycles. The summed E-state index contributed by atoms with van der Waals surface area (Å²) in [5, 5.41) is 10.5. The van der Waals surface area contributed by atoms with Crippen molar-refractivity contribution in [1.29, 1.82) is 0 Å². The van der Waals surface area contributed by atoms with Gasteiger partial charge in [0.25, 0.3) is 0 Å². The molecule has 1 unspecified atom stereocenters. The van der Waals surface area contributed by atoms with Crippen LogP contribution in [0.25, 0.3) is 0 Å². The van der Waals surface area contributed by atoms with Gasteiger partial charge in [-0.3, -0.25) is 4.79 Å². The number of benzene rings is 1. The minimum absolute atomic E-state index is 0. The van der Waals surface area contributed by atoms with Crippen molar-refractivity contribution < 1.29 is 4.79 Å². The van der Waals surface area contributed by atoms with Gasteiger partial charge in [0.2, 0.25) is 5.91 Å². The molecule has 1 aliphatic rings. The van der Waals surface area contributed by atoms with E-state index in [9.17, 15) is 4.79 Å². The van der Waals surface area contributed by atoms with Crippen LogP contribution in [0.3, 0.4) is 0 Å². The maximum absolute atomic E-state index is 12.0. The highest BCUT2D eigenvalue weighted by molar-refractivity contribution is 7.99. The van der Waals surface area contributed by atoms with Gasteiger partial charge >= 0.3 is 0 Å². The summed E-state index contributed by atoms with van der Waals surface area (Å²) in [5.41, 5.74) is 2.26. The lowest BCUT2D eigenvalue weighted by molar-refractivity contribution is -0.121. The lowest BCUT2D eigenvalue weighted by atomic mass is 10.1. The van der Waals surface area contributed by atoms with E-state index in [0.29, 0.717) is 25.6 Å². The number of carbonyl (C=O) groups excluding carboxylic acids is 1. The third-order valence-electron chi connectivity index (χ3n) is 3.75. The lowest BCUT2D eigenvalue weighted by Gasteiger charge is -2.22. The molecular formula is C16H23Cl2N5OS. The van der Waals surface area contributed by atoms with Gasteiger partial charge in [0.15, 0.2) is 0 Å². The number of carbonyl (C=O) groups is 1. The molecule has 1 saturated heterocycles. The Balaban J connectivity index is 0.00000156. The minimum atomic E-state index is 0. The van der Waals surface area contributed by atoms with Crippen LogP contribution >= 0.6 is 36.6 Å². The Kier molecular flexibility index (Phi) is 9.89. The number of amides is 1. The minimum Gasteiger partial charge on any atom is -0.352 e. The first-order chi connectivity index (χ1) is 11.3. The molecule has 1 aromatic carbocycles. The largest absolute Gasteiger partial charge is 0.352 e. The molecule has 9 heteroatoms. The Labute approximate surface area is 164 Å². The second kappa shape index (κ2) is 11.4. The molecule has 1 amide bonds. The Morgan fingerprint density at radius 1 is 1.28 bits per heavy atom. The van der Waals surface area contributed by atoms with E-state index in [1.165, 1.54) is 6.33 Å². The van der Waals surface area contributed by atoms with E-state index in [2.05, 4.69) is 32.8 Å². The van der Waals surface area contributed by atoms with Crippen LogP contribution in [0.2, 0.25) is 0 Å². The Bertz CT molecular complexity index is 618. The van der Waals surface area contributed by atoms with E-state index in [4.69, 9.17) is 0 Å². The molecule has 1 atom stereocenters. The van der Waals surface area contributed by atoms with Crippen molar-refractivity contribution in [3.63, 3.8) is 0 Å². The summed E-state index contributed by atoms with van der Waals surface area (Å²) in [4.78, 5) is 15.9. The molecule has 0 bridgehead atoms. The number of rotatable bonds is 6. The monoisotopic (exact) mass is 403 g/mol. The third-order valence-corrected chi connectivity index (χ3v) is 4.88. The zero-order valence-electron chi connectivity index (χ0n) is 13.8. The molecule has 3 rings (SSSR count). The standard InChI is InChI=1S/C16H21N5OS.2ClH/c22-16(7-15-10-23-6-5-18-15)19-8-13-1-3-14(4-2-13)9-21-12-17-11-20-21;;/h1-4,11-12,15,18H,5-10H2,(H,19,22);2*1H. The van der Waals surface area contributed by atoms with Gasteiger partial charge < -0.3 is 10.6 Å². The molecule has 2 heterocycles. The number of aromatic nitrogens is 3. The molecule has 0 spiro atoms. The van der Waals surface area contributed by atoms with Crippen molar-refractivity contribution in [2.75, 3.05) is 18.1 Å². The Morgan fingerprint density at radius 2 is 2.04 bits per heavy atom. The van der Waals surface area contributed by atoms with E-state index in [0.717, 1.165) is 29.2 Å². The third kappa shape index (κ3) is 7.23. The number of hydrogen-bond acceptors (Lipinski definition) is 5. The number of nitrogens with zero attached hydrogens (tertiary/aromatic N) is 3. The molecule has 138 valence electrons. The normalized spacial score (nSPS) is 16.4. The van der Waals surface area contributed by atoms with Crippen LogP contribution in [-0.2, 0) is 17.9 Å². The van der Waals surface area contributed by atoms with Crippen molar-refractivity contribution >= 4 is 42.5 Å². The predicted octanol–water partition coefficient (Wildman–Crippen LogP) is 1.88. The molecule has 2 aromatic rings. The van der Waals surface area contributed by atoms with Crippen LogP contribution in [0, 0.1) is 0 Å². The average Bonchev–Trinajstić information content (AvgIpc) is 3.08. The van der Waals surface area contributed by atoms with Crippen LogP contribution in [0.1, 0.15) is 17.5 Å². The van der Waals surface area contributed by atoms with Gasteiger partial charge in [-0.05, 0) is 11.1 Å². The number of halogens is 2. The second-order valence-electron chi connectivity index (χ2n) is 5.62. The van der Waals surface area contributed by atoms with Crippen molar-refractivity contribution in [3.8, 4) is 0 Å². The number of nitrogens with one attached hydrogen (secondary N) is 2. The SMILES string of the molecule is Cl.Cl.O=C(CC1CSCCN1)NCc1ccc(Cn2cncn2)cc1. The van der Waals surface area contributed by atoms with Crippen LogP contribution in [-0.4, -0.2) is 44.8 Å². The zero-order valence-corrected chi connectivity index (χ0v) is 16.2. The fourth-order valence-corrected chi connectivity index (χ4v) is 3.46. The van der Waals surface area contributed by atoms with E-state index in [-0.39, 0.29) is 30.7 Å². The van der Waals surface area contributed by atoms with E-state index in [1.807, 2.05) is 23.9 Å². The molecule has 2 N–H and O–H groups in total. The number of thioether (sulfide) groups is 1. The lowest BCUT2D eigenvalue weighted by Crippen LogP contribution is -2.41. The smallest absolute Gasteiger partial charge is 0.221 e.